The Morgan fingerprint density at radius 2 is 2.21 bits per heavy atom. The SMILES string of the molecule is COC(=O)c1sccc1NC(=O)c1ncccc1N. The first kappa shape index (κ1) is 13.0. The number of nitrogen functional groups attached to an aromatic ring is 1. The first-order chi connectivity index (χ1) is 9.13. The zero-order chi connectivity index (χ0) is 13.8. The number of carbonyl (C=O) groups excluding carboxylic acids is 2. The van der Waals surface area contributed by atoms with Crippen molar-refractivity contribution in [1.82, 2.24) is 4.98 Å². The van der Waals surface area contributed by atoms with E-state index in [9.17, 15) is 9.59 Å². The number of methoxy groups -OCH3 is 1. The highest BCUT2D eigenvalue weighted by atomic mass is 32.1. The summed E-state index contributed by atoms with van der Waals surface area (Å²) in [5.41, 5.74) is 6.43. The summed E-state index contributed by atoms with van der Waals surface area (Å²) >= 11 is 1.18. The van der Waals surface area contributed by atoms with Crippen LogP contribution >= 0.6 is 11.3 Å². The van der Waals surface area contributed by atoms with E-state index in [-0.39, 0.29) is 11.4 Å². The van der Waals surface area contributed by atoms with E-state index in [1.54, 1.807) is 23.6 Å². The number of esters is 1. The third-order valence-corrected chi connectivity index (χ3v) is 3.23. The minimum absolute atomic E-state index is 0.115. The second kappa shape index (κ2) is 5.49. The molecule has 0 aliphatic heterocycles. The number of hydrogen-bond acceptors (Lipinski definition) is 6. The zero-order valence-electron chi connectivity index (χ0n) is 10.0. The van der Waals surface area contributed by atoms with Crippen molar-refractivity contribution in [2.45, 2.75) is 0 Å². The second-order valence-electron chi connectivity index (χ2n) is 3.55. The molecule has 0 unspecified atom stereocenters. The molecule has 2 aromatic heterocycles. The Morgan fingerprint density at radius 3 is 2.89 bits per heavy atom. The Labute approximate surface area is 113 Å². The van der Waals surface area contributed by atoms with Crippen LogP contribution in [0.1, 0.15) is 20.2 Å². The molecule has 19 heavy (non-hydrogen) atoms. The lowest BCUT2D eigenvalue weighted by atomic mass is 10.2. The van der Waals surface area contributed by atoms with E-state index in [0.29, 0.717) is 10.6 Å². The van der Waals surface area contributed by atoms with Crippen molar-refractivity contribution in [3.05, 3.63) is 40.3 Å². The van der Waals surface area contributed by atoms with Gasteiger partial charge in [0.25, 0.3) is 5.91 Å². The molecule has 0 bridgehead atoms. The van der Waals surface area contributed by atoms with Gasteiger partial charge in [-0.1, -0.05) is 0 Å². The van der Waals surface area contributed by atoms with Gasteiger partial charge in [0.1, 0.15) is 4.88 Å². The number of nitrogens with two attached hydrogens (primary N) is 1. The van der Waals surface area contributed by atoms with Gasteiger partial charge in [-0.3, -0.25) is 4.79 Å². The van der Waals surface area contributed by atoms with Gasteiger partial charge in [-0.05, 0) is 23.6 Å². The van der Waals surface area contributed by atoms with Gasteiger partial charge in [0.05, 0.1) is 18.5 Å². The quantitative estimate of drug-likeness (QED) is 0.834. The molecule has 6 nitrogen and oxygen atoms in total. The molecule has 7 heteroatoms. The number of ether oxygens (including phenoxy) is 1. The number of nitrogens with zero attached hydrogens (tertiary/aromatic N) is 1. The van der Waals surface area contributed by atoms with Crippen molar-refractivity contribution in [3.8, 4) is 0 Å². The van der Waals surface area contributed by atoms with Gasteiger partial charge in [-0.2, -0.15) is 0 Å². The number of amides is 1. The molecule has 2 aromatic rings. The van der Waals surface area contributed by atoms with Crippen LogP contribution in [0.25, 0.3) is 0 Å². The molecular formula is C12H11N3O3S. The Hall–Kier alpha value is -2.41. The van der Waals surface area contributed by atoms with Gasteiger partial charge in [-0.25, -0.2) is 9.78 Å². The molecule has 0 aliphatic carbocycles. The largest absolute Gasteiger partial charge is 0.465 e. The van der Waals surface area contributed by atoms with Gasteiger partial charge in [0.2, 0.25) is 0 Å². The summed E-state index contributed by atoms with van der Waals surface area (Å²) in [7, 11) is 1.28. The predicted molar refractivity (Wildman–Crippen MR) is 72.3 cm³/mol. The average molecular weight is 277 g/mol. The molecular weight excluding hydrogens is 266 g/mol. The fraction of sp³-hybridized carbons (Fsp3) is 0.0833. The minimum atomic E-state index is -0.501. The van der Waals surface area contributed by atoms with Crippen LogP contribution in [0.2, 0.25) is 0 Å². The number of nitrogens with one attached hydrogen (secondary N) is 1. The molecule has 3 N–H and O–H groups in total. The zero-order valence-corrected chi connectivity index (χ0v) is 10.9. The number of thiophene rings is 1. The first-order valence-electron chi connectivity index (χ1n) is 5.31. The molecule has 0 aliphatic rings. The minimum Gasteiger partial charge on any atom is -0.465 e. The Bertz CT molecular complexity index is 624. The molecule has 1 amide bonds. The molecule has 0 saturated carbocycles. The van der Waals surface area contributed by atoms with Crippen LogP contribution in [-0.2, 0) is 4.74 Å². The van der Waals surface area contributed by atoms with E-state index in [4.69, 9.17) is 5.73 Å². The van der Waals surface area contributed by atoms with Crippen LogP contribution in [0.3, 0.4) is 0 Å². The third kappa shape index (κ3) is 2.71. The Morgan fingerprint density at radius 1 is 1.42 bits per heavy atom. The fourth-order valence-corrected chi connectivity index (χ4v) is 2.21. The highest BCUT2D eigenvalue weighted by Gasteiger charge is 2.17. The van der Waals surface area contributed by atoms with Crippen molar-refractivity contribution in [2.24, 2.45) is 0 Å². The number of rotatable bonds is 3. The molecule has 0 spiro atoms. The maximum Gasteiger partial charge on any atom is 0.350 e. The van der Waals surface area contributed by atoms with Gasteiger partial charge >= 0.3 is 5.97 Å². The lowest BCUT2D eigenvalue weighted by Crippen LogP contribution is -2.17. The number of aromatic nitrogens is 1. The second-order valence-corrected chi connectivity index (χ2v) is 4.47. The molecule has 0 saturated heterocycles. The highest BCUT2D eigenvalue weighted by molar-refractivity contribution is 7.12. The lowest BCUT2D eigenvalue weighted by molar-refractivity contribution is 0.0607. The van der Waals surface area contributed by atoms with E-state index in [2.05, 4.69) is 15.0 Å². The van der Waals surface area contributed by atoms with Crippen molar-refractivity contribution in [2.75, 3.05) is 18.2 Å². The van der Waals surface area contributed by atoms with Crippen LogP contribution in [0.15, 0.2) is 29.8 Å². The van der Waals surface area contributed by atoms with Gasteiger partial charge in [0, 0.05) is 6.20 Å². The van der Waals surface area contributed by atoms with E-state index >= 15 is 0 Å². The lowest BCUT2D eigenvalue weighted by Gasteiger charge is -2.06. The molecule has 0 aromatic carbocycles. The molecule has 2 heterocycles. The van der Waals surface area contributed by atoms with Gasteiger partial charge in [-0.15, -0.1) is 11.3 Å². The van der Waals surface area contributed by atoms with Crippen LogP contribution in [0, 0.1) is 0 Å². The van der Waals surface area contributed by atoms with Crippen LogP contribution in [0.4, 0.5) is 11.4 Å². The van der Waals surface area contributed by atoms with E-state index in [1.807, 2.05) is 0 Å². The molecule has 0 fully saturated rings. The van der Waals surface area contributed by atoms with Crippen molar-refractivity contribution < 1.29 is 14.3 Å². The normalized spacial score (nSPS) is 9.95. The fourth-order valence-electron chi connectivity index (χ4n) is 1.45. The third-order valence-electron chi connectivity index (χ3n) is 2.34. The summed E-state index contributed by atoms with van der Waals surface area (Å²) < 4.78 is 4.63. The summed E-state index contributed by atoms with van der Waals surface area (Å²) in [5, 5.41) is 4.28. The van der Waals surface area contributed by atoms with Crippen LogP contribution < -0.4 is 11.1 Å². The van der Waals surface area contributed by atoms with Crippen LogP contribution in [-0.4, -0.2) is 24.0 Å². The smallest absolute Gasteiger partial charge is 0.350 e. The molecule has 98 valence electrons. The summed E-state index contributed by atoms with van der Waals surface area (Å²) in [6.07, 6.45) is 1.47. The topological polar surface area (TPSA) is 94.3 Å². The van der Waals surface area contributed by atoms with E-state index in [0.717, 1.165) is 0 Å². The first-order valence-corrected chi connectivity index (χ1v) is 6.19. The van der Waals surface area contributed by atoms with E-state index < -0.39 is 11.9 Å². The Balaban J connectivity index is 2.23. The summed E-state index contributed by atoms with van der Waals surface area (Å²) in [6.45, 7) is 0. The van der Waals surface area contributed by atoms with Gasteiger partial charge < -0.3 is 15.8 Å². The van der Waals surface area contributed by atoms with Crippen molar-refractivity contribution in [1.29, 1.82) is 0 Å². The van der Waals surface area contributed by atoms with Crippen LogP contribution in [0.5, 0.6) is 0 Å². The number of carbonyl (C=O) groups is 2. The molecule has 2 rings (SSSR count). The number of pyridine rings is 1. The monoisotopic (exact) mass is 277 g/mol. The number of anilines is 2. The maximum atomic E-state index is 12.0. The standard InChI is InChI=1S/C12H11N3O3S/c1-18-12(17)10-8(4-6-19-10)15-11(16)9-7(13)3-2-5-14-9/h2-6H,13H2,1H3,(H,15,16). The summed E-state index contributed by atoms with van der Waals surface area (Å²) in [4.78, 5) is 27.7. The summed E-state index contributed by atoms with van der Waals surface area (Å²) in [5.74, 6) is -0.971. The predicted octanol–water partition coefficient (Wildman–Crippen LogP) is 1.76. The molecule has 0 atom stereocenters. The van der Waals surface area contributed by atoms with Crippen molar-refractivity contribution >= 4 is 34.6 Å². The average Bonchev–Trinajstić information content (AvgIpc) is 2.86. The highest BCUT2D eigenvalue weighted by Crippen LogP contribution is 2.24. The number of hydrogen-bond donors (Lipinski definition) is 2. The van der Waals surface area contributed by atoms with Crippen molar-refractivity contribution in [3.63, 3.8) is 0 Å². The maximum absolute atomic E-state index is 12.0. The summed E-state index contributed by atoms with van der Waals surface area (Å²) in [6, 6.07) is 4.83. The molecule has 0 radical (unpaired) electrons. The van der Waals surface area contributed by atoms with E-state index in [1.165, 1.54) is 24.6 Å². The van der Waals surface area contributed by atoms with Gasteiger partial charge in [0.15, 0.2) is 5.69 Å². The Kier molecular flexibility index (Phi) is 3.76.